The lowest BCUT2D eigenvalue weighted by Crippen LogP contribution is -2.33. The van der Waals surface area contributed by atoms with E-state index in [1.807, 2.05) is 32.0 Å². The Morgan fingerprint density at radius 1 is 1.58 bits per heavy atom. The van der Waals surface area contributed by atoms with Crippen LogP contribution in [0.1, 0.15) is 18.9 Å². The SMILES string of the molecule is CCOc1ccc(NC(=O)N2CC[C@@H](O)C2)cc1C. The van der Waals surface area contributed by atoms with Gasteiger partial charge in [-0.2, -0.15) is 0 Å². The molecule has 2 N–H and O–H groups in total. The molecule has 1 atom stereocenters. The number of carbonyl (C=O) groups excluding carboxylic acids is 1. The zero-order valence-corrected chi connectivity index (χ0v) is 11.3. The maximum atomic E-state index is 12.0. The molecule has 19 heavy (non-hydrogen) atoms. The predicted molar refractivity (Wildman–Crippen MR) is 73.6 cm³/mol. The molecule has 1 heterocycles. The average molecular weight is 264 g/mol. The number of amides is 2. The molecule has 0 unspecified atom stereocenters. The molecular weight excluding hydrogens is 244 g/mol. The number of hydrogen-bond acceptors (Lipinski definition) is 3. The maximum absolute atomic E-state index is 12.0. The van der Waals surface area contributed by atoms with Gasteiger partial charge in [0.1, 0.15) is 5.75 Å². The molecule has 0 aromatic heterocycles. The van der Waals surface area contributed by atoms with Crippen molar-refractivity contribution in [3.8, 4) is 5.75 Å². The van der Waals surface area contributed by atoms with E-state index in [2.05, 4.69) is 5.32 Å². The lowest BCUT2D eigenvalue weighted by Gasteiger charge is -2.17. The highest BCUT2D eigenvalue weighted by Gasteiger charge is 2.24. The van der Waals surface area contributed by atoms with Gasteiger partial charge in [-0.25, -0.2) is 4.79 Å². The van der Waals surface area contributed by atoms with E-state index in [4.69, 9.17) is 4.74 Å². The third-order valence-corrected chi connectivity index (χ3v) is 3.18. The summed E-state index contributed by atoms with van der Waals surface area (Å²) in [5.74, 6) is 0.831. The standard InChI is InChI=1S/C14H20N2O3/c1-3-19-13-5-4-11(8-10(13)2)15-14(18)16-7-6-12(17)9-16/h4-5,8,12,17H,3,6-7,9H2,1-2H3,(H,15,18)/t12-/m1/s1. The molecule has 1 aromatic carbocycles. The van der Waals surface area contributed by atoms with Crippen LogP contribution in [0, 0.1) is 6.92 Å². The molecule has 1 fully saturated rings. The lowest BCUT2D eigenvalue weighted by atomic mass is 10.2. The normalized spacial score (nSPS) is 18.5. The van der Waals surface area contributed by atoms with Crippen LogP contribution in [-0.4, -0.2) is 41.8 Å². The van der Waals surface area contributed by atoms with Gasteiger partial charge in [0.05, 0.1) is 12.7 Å². The second-order valence-electron chi connectivity index (χ2n) is 4.73. The highest BCUT2D eigenvalue weighted by atomic mass is 16.5. The fourth-order valence-electron chi connectivity index (χ4n) is 2.17. The molecule has 1 aliphatic heterocycles. The van der Waals surface area contributed by atoms with E-state index in [1.165, 1.54) is 0 Å². The maximum Gasteiger partial charge on any atom is 0.321 e. The zero-order valence-electron chi connectivity index (χ0n) is 11.3. The number of β-amino-alcohol motifs (C(OH)–C–C–N with tert-alkyl or cyclic N) is 1. The van der Waals surface area contributed by atoms with Crippen LogP contribution in [0.4, 0.5) is 10.5 Å². The minimum absolute atomic E-state index is 0.167. The van der Waals surface area contributed by atoms with Crippen molar-refractivity contribution in [1.29, 1.82) is 0 Å². The van der Waals surface area contributed by atoms with Crippen molar-refractivity contribution in [1.82, 2.24) is 4.90 Å². The number of rotatable bonds is 3. The van der Waals surface area contributed by atoms with Gasteiger partial charge >= 0.3 is 6.03 Å². The van der Waals surface area contributed by atoms with Crippen molar-refractivity contribution < 1.29 is 14.6 Å². The van der Waals surface area contributed by atoms with Crippen LogP contribution in [0.3, 0.4) is 0 Å². The molecule has 0 bridgehead atoms. The molecule has 1 aliphatic rings. The second-order valence-corrected chi connectivity index (χ2v) is 4.73. The van der Waals surface area contributed by atoms with E-state index in [9.17, 15) is 9.90 Å². The summed E-state index contributed by atoms with van der Waals surface area (Å²) in [5.41, 5.74) is 1.73. The smallest absolute Gasteiger partial charge is 0.321 e. The number of carbonyl (C=O) groups is 1. The number of urea groups is 1. The number of ether oxygens (including phenoxy) is 1. The van der Waals surface area contributed by atoms with Crippen LogP contribution in [0.15, 0.2) is 18.2 Å². The van der Waals surface area contributed by atoms with Crippen molar-refractivity contribution in [2.45, 2.75) is 26.4 Å². The summed E-state index contributed by atoms with van der Waals surface area (Å²) < 4.78 is 5.45. The number of aryl methyl sites for hydroxylation is 1. The molecule has 5 heteroatoms. The molecule has 2 rings (SSSR count). The molecular formula is C14H20N2O3. The van der Waals surface area contributed by atoms with Crippen LogP contribution in [0.25, 0.3) is 0 Å². The Hall–Kier alpha value is -1.75. The topological polar surface area (TPSA) is 61.8 Å². The number of likely N-dealkylation sites (tertiary alicyclic amines) is 1. The third kappa shape index (κ3) is 3.38. The summed E-state index contributed by atoms with van der Waals surface area (Å²) in [7, 11) is 0. The summed E-state index contributed by atoms with van der Waals surface area (Å²) in [5, 5.41) is 12.3. The summed E-state index contributed by atoms with van der Waals surface area (Å²) in [6, 6.07) is 5.39. The van der Waals surface area contributed by atoms with Gasteiger partial charge in [0.25, 0.3) is 0 Å². The van der Waals surface area contributed by atoms with Crippen LogP contribution < -0.4 is 10.1 Å². The Balaban J connectivity index is 1.99. The van der Waals surface area contributed by atoms with E-state index in [-0.39, 0.29) is 6.03 Å². The largest absolute Gasteiger partial charge is 0.494 e. The first kappa shape index (κ1) is 13.7. The summed E-state index contributed by atoms with van der Waals surface area (Å²) in [6.45, 7) is 5.51. The highest BCUT2D eigenvalue weighted by Crippen LogP contribution is 2.22. The van der Waals surface area contributed by atoms with Crippen LogP contribution in [0.5, 0.6) is 5.75 Å². The van der Waals surface area contributed by atoms with Crippen molar-refractivity contribution in [3.05, 3.63) is 23.8 Å². The van der Waals surface area contributed by atoms with Gasteiger partial charge in [0, 0.05) is 18.8 Å². The van der Waals surface area contributed by atoms with Crippen molar-refractivity contribution in [2.24, 2.45) is 0 Å². The number of hydrogen-bond donors (Lipinski definition) is 2. The first-order chi connectivity index (χ1) is 9.10. The Morgan fingerprint density at radius 2 is 2.37 bits per heavy atom. The number of anilines is 1. The molecule has 0 radical (unpaired) electrons. The van der Waals surface area contributed by atoms with Gasteiger partial charge in [-0.1, -0.05) is 0 Å². The highest BCUT2D eigenvalue weighted by molar-refractivity contribution is 5.89. The zero-order chi connectivity index (χ0) is 13.8. The van der Waals surface area contributed by atoms with Gasteiger partial charge < -0.3 is 20.1 Å². The van der Waals surface area contributed by atoms with Crippen molar-refractivity contribution in [3.63, 3.8) is 0 Å². The van der Waals surface area contributed by atoms with Crippen LogP contribution >= 0.6 is 0 Å². The average Bonchev–Trinajstić information content (AvgIpc) is 2.80. The summed E-state index contributed by atoms with van der Waals surface area (Å²) >= 11 is 0. The fourth-order valence-corrected chi connectivity index (χ4v) is 2.17. The first-order valence-electron chi connectivity index (χ1n) is 6.57. The first-order valence-corrected chi connectivity index (χ1v) is 6.57. The van der Waals surface area contributed by atoms with Gasteiger partial charge in [-0.3, -0.25) is 0 Å². The molecule has 104 valence electrons. The van der Waals surface area contributed by atoms with Gasteiger partial charge in [-0.05, 0) is 44.0 Å². The minimum atomic E-state index is -0.396. The molecule has 1 saturated heterocycles. The number of nitrogens with one attached hydrogen (secondary N) is 1. The second kappa shape index (κ2) is 5.93. The lowest BCUT2D eigenvalue weighted by molar-refractivity contribution is 0.176. The van der Waals surface area contributed by atoms with Crippen LogP contribution in [-0.2, 0) is 0 Å². The van der Waals surface area contributed by atoms with E-state index in [0.29, 0.717) is 26.1 Å². The Kier molecular flexibility index (Phi) is 4.27. The van der Waals surface area contributed by atoms with E-state index in [1.54, 1.807) is 4.90 Å². The monoisotopic (exact) mass is 264 g/mol. The summed E-state index contributed by atoms with van der Waals surface area (Å²) in [6.07, 6.45) is 0.253. The molecule has 5 nitrogen and oxygen atoms in total. The van der Waals surface area contributed by atoms with Gasteiger partial charge in [0.2, 0.25) is 0 Å². The van der Waals surface area contributed by atoms with Crippen molar-refractivity contribution in [2.75, 3.05) is 25.0 Å². The summed E-state index contributed by atoms with van der Waals surface area (Å²) in [4.78, 5) is 13.6. The predicted octanol–water partition coefficient (Wildman–Crippen LogP) is 1.99. The Morgan fingerprint density at radius 3 is 2.95 bits per heavy atom. The molecule has 1 aromatic rings. The molecule has 0 spiro atoms. The van der Waals surface area contributed by atoms with Crippen molar-refractivity contribution >= 4 is 11.7 Å². The van der Waals surface area contributed by atoms with Gasteiger partial charge in [-0.15, -0.1) is 0 Å². The Bertz CT molecular complexity index is 462. The fraction of sp³-hybridized carbons (Fsp3) is 0.500. The minimum Gasteiger partial charge on any atom is -0.494 e. The number of aliphatic hydroxyl groups is 1. The number of benzene rings is 1. The molecule has 0 saturated carbocycles. The van der Waals surface area contributed by atoms with Gasteiger partial charge in [0.15, 0.2) is 0 Å². The number of nitrogens with zero attached hydrogens (tertiary/aromatic N) is 1. The molecule has 0 aliphatic carbocycles. The Labute approximate surface area is 113 Å². The van der Waals surface area contributed by atoms with E-state index in [0.717, 1.165) is 17.0 Å². The van der Waals surface area contributed by atoms with E-state index >= 15 is 0 Å². The number of aliphatic hydroxyl groups excluding tert-OH is 1. The quantitative estimate of drug-likeness (QED) is 0.877. The van der Waals surface area contributed by atoms with Crippen LogP contribution in [0.2, 0.25) is 0 Å². The third-order valence-electron chi connectivity index (χ3n) is 3.18. The molecule has 2 amide bonds. The van der Waals surface area contributed by atoms with E-state index < -0.39 is 6.10 Å².